The molecule has 0 aromatic rings. The van der Waals surface area contributed by atoms with Crippen molar-refractivity contribution in [1.82, 2.24) is 4.67 Å². The van der Waals surface area contributed by atoms with Gasteiger partial charge < -0.3 is 14.5 Å². The van der Waals surface area contributed by atoms with Crippen LogP contribution >= 0.6 is 7.75 Å². The topological polar surface area (TPSA) is 70.0 Å². The molecule has 0 aliphatic rings. The molecule has 0 saturated heterocycles. The Morgan fingerprint density at radius 2 is 1.86 bits per heavy atom. The van der Waals surface area contributed by atoms with Crippen LogP contribution in [0.2, 0.25) is 0 Å². The molecule has 0 bridgehead atoms. The lowest BCUT2D eigenvalue weighted by Gasteiger charge is -2.25. The maximum absolute atomic E-state index is 10.9. The Morgan fingerprint density at radius 1 is 1.36 bits per heavy atom. The summed E-state index contributed by atoms with van der Waals surface area (Å²) in [5.41, 5.74) is 0. The van der Waals surface area contributed by atoms with Gasteiger partial charge in [0.2, 0.25) is 0 Å². The predicted octanol–water partition coefficient (Wildman–Crippen LogP) is 1.21. The summed E-state index contributed by atoms with van der Waals surface area (Å²) >= 11 is 0. The molecule has 0 fully saturated rings. The lowest BCUT2D eigenvalue weighted by Crippen LogP contribution is -2.27. The molecule has 14 heavy (non-hydrogen) atoms. The van der Waals surface area contributed by atoms with E-state index >= 15 is 0 Å². The third kappa shape index (κ3) is 5.08. The molecule has 5 nitrogen and oxygen atoms in total. The van der Waals surface area contributed by atoms with Crippen LogP contribution in [0.25, 0.3) is 0 Å². The minimum atomic E-state index is -4.09. The minimum Gasteiger partial charge on any atom is -0.382 e. The molecule has 2 unspecified atom stereocenters. The maximum Gasteiger partial charge on any atom is 0.402 e. The highest BCUT2D eigenvalue weighted by Gasteiger charge is 2.25. The van der Waals surface area contributed by atoms with Crippen LogP contribution in [0.1, 0.15) is 26.7 Å². The van der Waals surface area contributed by atoms with Gasteiger partial charge in [-0.05, 0) is 33.7 Å². The molecule has 0 heterocycles. The highest BCUT2D eigenvalue weighted by atomic mass is 31.2. The van der Waals surface area contributed by atoms with E-state index in [9.17, 15) is 4.57 Å². The van der Waals surface area contributed by atoms with Gasteiger partial charge in [-0.1, -0.05) is 0 Å². The standard InChI is InChI=1S/C8H20NO4P/c1-7(5-6-8(2)13-4)9(3)14(10,11)12/h7-8H,5-6H2,1-4H3,(H2,10,11,12). The Kier molecular flexibility index (Phi) is 5.86. The number of ether oxygens (including phenoxy) is 1. The zero-order chi connectivity index (χ0) is 11.4. The Bertz CT molecular complexity index is 206. The summed E-state index contributed by atoms with van der Waals surface area (Å²) in [5, 5.41) is 0. The van der Waals surface area contributed by atoms with Crippen molar-refractivity contribution in [3.8, 4) is 0 Å². The zero-order valence-corrected chi connectivity index (χ0v) is 10.1. The smallest absolute Gasteiger partial charge is 0.382 e. The zero-order valence-electron chi connectivity index (χ0n) is 9.17. The number of hydrogen-bond acceptors (Lipinski definition) is 2. The lowest BCUT2D eigenvalue weighted by molar-refractivity contribution is 0.103. The van der Waals surface area contributed by atoms with E-state index in [0.717, 1.165) is 11.1 Å². The van der Waals surface area contributed by atoms with Gasteiger partial charge in [0.15, 0.2) is 0 Å². The van der Waals surface area contributed by atoms with Crippen LogP contribution in [0.4, 0.5) is 0 Å². The molecule has 2 atom stereocenters. The van der Waals surface area contributed by atoms with Crippen LogP contribution in [-0.2, 0) is 9.30 Å². The van der Waals surface area contributed by atoms with Crippen LogP contribution in [0.5, 0.6) is 0 Å². The summed E-state index contributed by atoms with van der Waals surface area (Å²) in [5.74, 6) is 0. The van der Waals surface area contributed by atoms with E-state index in [-0.39, 0.29) is 12.1 Å². The van der Waals surface area contributed by atoms with E-state index in [4.69, 9.17) is 14.5 Å². The fourth-order valence-electron chi connectivity index (χ4n) is 1.04. The first kappa shape index (κ1) is 14.1. The van der Waals surface area contributed by atoms with Crippen molar-refractivity contribution in [1.29, 1.82) is 0 Å². The van der Waals surface area contributed by atoms with E-state index in [1.165, 1.54) is 7.05 Å². The highest BCUT2D eigenvalue weighted by Crippen LogP contribution is 2.40. The fourth-order valence-corrected chi connectivity index (χ4v) is 1.67. The van der Waals surface area contributed by atoms with Crippen LogP contribution in [0.3, 0.4) is 0 Å². The highest BCUT2D eigenvalue weighted by molar-refractivity contribution is 7.49. The van der Waals surface area contributed by atoms with Crippen molar-refractivity contribution in [3.05, 3.63) is 0 Å². The molecule has 0 spiro atoms. The van der Waals surface area contributed by atoms with Gasteiger partial charge in [0, 0.05) is 13.2 Å². The molecule has 0 aliphatic heterocycles. The number of nitrogens with zero attached hydrogens (tertiary/aromatic N) is 1. The van der Waals surface area contributed by atoms with Crippen LogP contribution in [0.15, 0.2) is 0 Å². The quantitative estimate of drug-likeness (QED) is 0.665. The Labute approximate surface area is 85.3 Å². The van der Waals surface area contributed by atoms with Crippen LogP contribution < -0.4 is 0 Å². The van der Waals surface area contributed by atoms with Crippen molar-refractivity contribution < 1.29 is 19.1 Å². The first-order valence-corrected chi connectivity index (χ1v) is 6.17. The molecule has 0 aromatic heterocycles. The Hall–Kier alpha value is 0.0700. The Morgan fingerprint density at radius 3 is 2.21 bits per heavy atom. The molecular formula is C8H20NO4P. The maximum atomic E-state index is 10.9. The van der Waals surface area contributed by atoms with Gasteiger partial charge >= 0.3 is 7.75 Å². The molecule has 0 aromatic carbocycles. The van der Waals surface area contributed by atoms with Crippen molar-refractivity contribution in [2.24, 2.45) is 0 Å². The second kappa shape index (κ2) is 5.83. The first-order valence-electron chi connectivity index (χ1n) is 4.60. The number of methoxy groups -OCH3 is 1. The van der Waals surface area contributed by atoms with Gasteiger partial charge in [-0.15, -0.1) is 0 Å². The molecule has 0 rings (SSSR count). The molecule has 0 amide bonds. The van der Waals surface area contributed by atoms with E-state index in [1.807, 2.05) is 6.92 Å². The first-order chi connectivity index (χ1) is 6.29. The van der Waals surface area contributed by atoms with Crippen molar-refractivity contribution in [3.63, 3.8) is 0 Å². The summed E-state index contributed by atoms with van der Waals surface area (Å²) in [6.07, 6.45) is 1.63. The summed E-state index contributed by atoms with van der Waals surface area (Å²) in [4.78, 5) is 17.8. The summed E-state index contributed by atoms with van der Waals surface area (Å²) in [7, 11) is -1.03. The molecule has 0 aliphatic carbocycles. The normalized spacial score (nSPS) is 17.1. The van der Waals surface area contributed by atoms with Crippen molar-refractivity contribution in [2.75, 3.05) is 14.2 Å². The van der Waals surface area contributed by atoms with E-state index in [1.54, 1.807) is 14.0 Å². The van der Waals surface area contributed by atoms with Gasteiger partial charge in [0.05, 0.1) is 6.10 Å². The summed E-state index contributed by atoms with van der Waals surface area (Å²) in [6.45, 7) is 3.73. The molecule has 2 N–H and O–H groups in total. The number of hydrogen-bond donors (Lipinski definition) is 2. The Balaban J connectivity index is 3.97. The lowest BCUT2D eigenvalue weighted by atomic mass is 10.1. The second-order valence-corrected chi connectivity index (χ2v) is 5.22. The number of rotatable bonds is 6. The van der Waals surface area contributed by atoms with Gasteiger partial charge in [0.1, 0.15) is 0 Å². The average Bonchev–Trinajstić information content (AvgIpc) is 2.10. The monoisotopic (exact) mass is 225 g/mol. The summed E-state index contributed by atoms with van der Waals surface area (Å²) in [6, 6.07) is -0.145. The van der Waals surface area contributed by atoms with Gasteiger partial charge in [-0.3, -0.25) is 0 Å². The van der Waals surface area contributed by atoms with E-state index < -0.39 is 7.75 Å². The van der Waals surface area contributed by atoms with E-state index in [2.05, 4.69) is 0 Å². The predicted molar refractivity (Wildman–Crippen MR) is 55.0 cm³/mol. The second-order valence-electron chi connectivity index (χ2n) is 3.56. The van der Waals surface area contributed by atoms with Crippen LogP contribution in [0, 0.1) is 0 Å². The SMILES string of the molecule is COC(C)CCC(C)N(C)P(=O)(O)O. The molecule has 0 saturated carbocycles. The largest absolute Gasteiger partial charge is 0.402 e. The molecule has 86 valence electrons. The summed E-state index contributed by atoms with van der Waals surface area (Å²) < 4.78 is 17.0. The van der Waals surface area contributed by atoms with Gasteiger partial charge in [-0.2, -0.15) is 0 Å². The van der Waals surface area contributed by atoms with Crippen LogP contribution in [-0.4, -0.2) is 40.8 Å². The van der Waals surface area contributed by atoms with Gasteiger partial charge in [0.25, 0.3) is 0 Å². The molecule has 0 radical (unpaired) electrons. The van der Waals surface area contributed by atoms with E-state index in [0.29, 0.717) is 6.42 Å². The molecule has 6 heteroatoms. The third-order valence-electron chi connectivity index (χ3n) is 2.44. The molecular weight excluding hydrogens is 205 g/mol. The average molecular weight is 225 g/mol. The van der Waals surface area contributed by atoms with Crippen molar-refractivity contribution >= 4 is 7.75 Å². The third-order valence-corrected chi connectivity index (χ3v) is 3.66. The fraction of sp³-hybridized carbons (Fsp3) is 1.00. The van der Waals surface area contributed by atoms with Crippen molar-refractivity contribution in [2.45, 2.75) is 38.8 Å². The van der Waals surface area contributed by atoms with Gasteiger partial charge in [-0.25, -0.2) is 9.24 Å². The minimum absolute atomic E-state index is 0.127.